The van der Waals surface area contributed by atoms with Crippen LogP contribution in [0.3, 0.4) is 0 Å². The van der Waals surface area contributed by atoms with Crippen molar-refractivity contribution >= 4 is 15.9 Å². The predicted octanol–water partition coefficient (Wildman–Crippen LogP) is 4.54. The Bertz CT molecular complexity index is 171. The van der Waals surface area contributed by atoms with E-state index in [0.717, 1.165) is 6.61 Å². The lowest BCUT2D eigenvalue weighted by molar-refractivity contribution is 0.0984. The molecule has 90 valence electrons. The lowest BCUT2D eigenvalue weighted by Crippen LogP contribution is -2.16. The van der Waals surface area contributed by atoms with Gasteiger partial charge in [0.25, 0.3) is 0 Å². The van der Waals surface area contributed by atoms with E-state index >= 15 is 0 Å². The van der Waals surface area contributed by atoms with Crippen molar-refractivity contribution in [3.63, 3.8) is 0 Å². The van der Waals surface area contributed by atoms with Gasteiger partial charge in [-0.25, -0.2) is 0 Å². The maximum Gasteiger partial charge on any atom is 0.0576 e. The maximum absolute atomic E-state index is 5.64. The largest absolute Gasteiger partial charge is 0.378 e. The number of ether oxygens (including phenoxy) is 1. The van der Waals surface area contributed by atoms with Crippen LogP contribution in [0.15, 0.2) is 0 Å². The van der Waals surface area contributed by atoms with Crippen LogP contribution in [-0.2, 0) is 4.74 Å². The summed E-state index contributed by atoms with van der Waals surface area (Å²) in [6.07, 6.45) is 8.29. The lowest BCUT2D eigenvalue weighted by atomic mass is 9.82. The second kappa shape index (κ2) is 6.24. The van der Waals surface area contributed by atoms with Gasteiger partial charge in [0.15, 0.2) is 0 Å². The number of hydrogen-bond acceptors (Lipinski definition) is 1. The first-order chi connectivity index (χ1) is 6.99. The van der Waals surface area contributed by atoms with Crippen LogP contribution in [0.5, 0.6) is 0 Å². The van der Waals surface area contributed by atoms with Crippen molar-refractivity contribution < 1.29 is 4.74 Å². The van der Waals surface area contributed by atoms with Crippen LogP contribution in [0.1, 0.15) is 59.3 Å². The maximum atomic E-state index is 5.64. The summed E-state index contributed by atoms with van der Waals surface area (Å²) in [6.45, 7) is 7.98. The summed E-state index contributed by atoms with van der Waals surface area (Å²) in [5, 5.41) is 0. The third kappa shape index (κ3) is 5.91. The third-order valence-electron chi connectivity index (χ3n) is 3.24. The first-order valence-electron chi connectivity index (χ1n) is 6.25. The van der Waals surface area contributed by atoms with Gasteiger partial charge < -0.3 is 4.74 Å². The van der Waals surface area contributed by atoms with E-state index in [2.05, 4.69) is 36.7 Å². The number of halogens is 1. The van der Waals surface area contributed by atoms with Crippen LogP contribution in [0.2, 0.25) is 0 Å². The standard InChI is InChI=1S/C13H25BrO/c1-11(14)10-13(2,3)8-4-6-12-7-5-9-15-12/h11-12H,4-10H2,1-3H3. The summed E-state index contributed by atoms with van der Waals surface area (Å²) >= 11 is 3.64. The molecule has 15 heavy (non-hydrogen) atoms. The van der Waals surface area contributed by atoms with Crippen molar-refractivity contribution in [1.29, 1.82) is 0 Å². The molecule has 1 rings (SSSR count). The molecule has 1 fully saturated rings. The highest BCUT2D eigenvalue weighted by Gasteiger charge is 2.21. The highest BCUT2D eigenvalue weighted by Crippen LogP contribution is 2.32. The molecule has 0 aromatic heterocycles. The molecule has 0 N–H and O–H groups in total. The van der Waals surface area contributed by atoms with Crippen LogP contribution in [0.25, 0.3) is 0 Å². The highest BCUT2D eigenvalue weighted by molar-refractivity contribution is 9.09. The Kier molecular flexibility index (Phi) is 5.62. The van der Waals surface area contributed by atoms with E-state index in [4.69, 9.17) is 4.74 Å². The minimum absolute atomic E-state index is 0.474. The summed E-state index contributed by atoms with van der Waals surface area (Å²) in [5.74, 6) is 0. The molecule has 0 aromatic rings. The molecule has 0 spiro atoms. The molecule has 2 heteroatoms. The average molecular weight is 277 g/mol. The van der Waals surface area contributed by atoms with E-state index in [1.54, 1.807) is 0 Å². The monoisotopic (exact) mass is 276 g/mol. The van der Waals surface area contributed by atoms with Crippen molar-refractivity contribution in [2.45, 2.75) is 70.2 Å². The fourth-order valence-electron chi connectivity index (χ4n) is 2.54. The van der Waals surface area contributed by atoms with Crippen LogP contribution < -0.4 is 0 Å². The van der Waals surface area contributed by atoms with E-state index in [-0.39, 0.29) is 0 Å². The Hall–Kier alpha value is 0.440. The highest BCUT2D eigenvalue weighted by atomic mass is 79.9. The Morgan fingerprint density at radius 3 is 2.73 bits per heavy atom. The Labute approximate surface area is 103 Å². The van der Waals surface area contributed by atoms with Gasteiger partial charge in [-0.05, 0) is 37.5 Å². The molecule has 0 radical (unpaired) electrons. The van der Waals surface area contributed by atoms with Crippen molar-refractivity contribution in [2.75, 3.05) is 6.61 Å². The van der Waals surface area contributed by atoms with Crippen molar-refractivity contribution in [1.82, 2.24) is 0 Å². The second-order valence-corrected chi connectivity index (χ2v) is 7.24. The molecule has 1 saturated heterocycles. The molecular formula is C13H25BrO. The van der Waals surface area contributed by atoms with Gasteiger partial charge in [-0.15, -0.1) is 0 Å². The van der Waals surface area contributed by atoms with Crippen molar-refractivity contribution in [2.24, 2.45) is 5.41 Å². The van der Waals surface area contributed by atoms with Gasteiger partial charge in [0.1, 0.15) is 0 Å². The smallest absolute Gasteiger partial charge is 0.0576 e. The molecule has 0 bridgehead atoms. The zero-order valence-corrected chi connectivity index (χ0v) is 12.0. The van der Waals surface area contributed by atoms with Gasteiger partial charge in [0, 0.05) is 11.4 Å². The number of hydrogen-bond donors (Lipinski definition) is 0. The fourth-order valence-corrected chi connectivity index (χ4v) is 3.42. The SMILES string of the molecule is CC(Br)CC(C)(C)CCCC1CCCO1. The molecule has 1 aliphatic heterocycles. The van der Waals surface area contributed by atoms with Crippen molar-refractivity contribution in [3.05, 3.63) is 0 Å². The second-order valence-electron chi connectivity index (χ2n) is 5.68. The Morgan fingerprint density at radius 1 is 1.47 bits per heavy atom. The first-order valence-corrected chi connectivity index (χ1v) is 7.17. The topological polar surface area (TPSA) is 9.23 Å². The summed E-state index contributed by atoms with van der Waals surface area (Å²) in [4.78, 5) is 0.634. The van der Waals surface area contributed by atoms with Crippen molar-refractivity contribution in [3.8, 4) is 0 Å². The first kappa shape index (κ1) is 13.5. The summed E-state index contributed by atoms with van der Waals surface area (Å²) in [7, 11) is 0. The molecule has 1 nitrogen and oxygen atoms in total. The zero-order chi connectivity index (χ0) is 11.3. The van der Waals surface area contributed by atoms with Gasteiger partial charge in [-0.1, -0.05) is 43.1 Å². The zero-order valence-electron chi connectivity index (χ0n) is 10.4. The summed E-state index contributed by atoms with van der Waals surface area (Å²) in [6, 6.07) is 0. The molecule has 1 heterocycles. The van der Waals surface area contributed by atoms with Crippen LogP contribution in [0.4, 0.5) is 0 Å². The average Bonchev–Trinajstić information content (AvgIpc) is 2.53. The summed E-state index contributed by atoms with van der Waals surface area (Å²) in [5.41, 5.74) is 0.474. The van der Waals surface area contributed by atoms with Gasteiger partial charge in [0.2, 0.25) is 0 Å². The molecule has 0 amide bonds. The van der Waals surface area contributed by atoms with E-state index in [0.29, 0.717) is 16.3 Å². The van der Waals surface area contributed by atoms with E-state index in [1.165, 1.54) is 38.5 Å². The van der Waals surface area contributed by atoms with E-state index < -0.39 is 0 Å². The van der Waals surface area contributed by atoms with Crippen LogP contribution >= 0.6 is 15.9 Å². The molecule has 2 atom stereocenters. The molecule has 0 aliphatic carbocycles. The van der Waals surface area contributed by atoms with Crippen LogP contribution in [-0.4, -0.2) is 17.5 Å². The van der Waals surface area contributed by atoms with Gasteiger partial charge >= 0.3 is 0 Å². The van der Waals surface area contributed by atoms with E-state index in [1.807, 2.05) is 0 Å². The quantitative estimate of drug-likeness (QED) is 0.648. The fraction of sp³-hybridized carbons (Fsp3) is 1.00. The van der Waals surface area contributed by atoms with Crippen LogP contribution in [0, 0.1) is 5.41 Å². The van der Waals surface area contributed by atoms with Gasteiger partial charge in [-0.2, -0.15) is 0 Å². The summed E-state index contributed by atoms with van der Waals surface area (Å²) < 4.78 is 5.64. The van der Waals surface area contributed by atoms with E-state index in [9.17, 15) is 0 Å². The van der Waals surface area contributed by atoms with Gasteiger partial charge in [0.05, 0.1) is 6.10 Å². The molecular weight excluding hydrogens is 252 g/mol. The lowest BCUT2D eigenvalue weighted by Gasteiger charge is -2.26. The molecule has 1 aliphatic rings. The normalized spacial score (nSPS) is 24.4. The number of alkyl halides is 1. The third-order valence-corrected chi connectivity index (χ3v) is 3.56. The molecule has 0 aromatic carbocycles. The molecule has 2 unspecified atom stereocenters. The Balaban J connectivity index is 2.11. The number of rotatable bonds is 6. The predicted molar refractivity (Wildman–Crippen MR) is 69.6 cm³/mol. The Morgan fingerprint density at radius 2 is 2.20 bits per heavy atom. The minimum atomic E-state index is 0.474. The molecule has 0 saturated carbocycles. The minimum Gasteiger partial charge on any atom is -0.378 e. The van der Waals surface area contributed by atoms with Gasteiger partial charge in [-0.3, -0.25) is 0 Å².